The Kier molecular flexibility index (Phi) is 6.88. The zero-order valence-corrected chi connectivity index (χ0v) is 16.0. The molecule has 0 unspecified atom stereocenters. The number of allylic oxidation sites excluding steroid dienone is 6. The van der Waals surface area contributed by atoms with Gasteiger partial charge in [0.2, 0.25) is 0 Å². The van der Waals surface area contributed by atoms with Gasteiger partial charge in [0, 0.05) is 12.1 Å². The molecule has 0 amide bonds. The lowest BCUT2D eigenvalue weighted by Crippen LogP contribution is -2.01. The molecule has 1 aliphatic rings. The monoisotopic (exact) mass is 356 g/mol. The fourth-order valence-electron chi connectivity index (χ4n) is 3.54. The number of aromatic nitrogens is 2. The summed E-state index contributed by atoms with van der Waals surface area (Å²) in [5, 5.41) is 0. The normalized spacial score (nSPS) is 16.5. The number of hydrogen-bond donors (Lipinski definition) is 0. The molecule has 2 nitrogen and oxygen atoms in total. The molecule has 2 heteroatoms. The smallest absolute Gasteiger partial charge is 0.137 e. The zero-order valence-electron chi connectivity index (χ0n) is 16.0. The van der Waals surface area contributed by atoms with Crippen LogP contribution in [0.2, 0.25) is 0 Å². The molecular weight excluding hydrogens is 328 g/mol. The van der Waals surface area contributed by atoms with Crippen LogP contribution in [0.3, 0.4) is 0 Å². The Labute approximate surface area is 163 Å². The molecule has 0 spiro atoms. The largest absolute Gasteiger partial charge is 0.292 e. The van der Waals surface area contributed by atoms with Gasteiger partial charge in [0.15, 0.2) is 0 Å². The molecule has 0 radical (unpaired) electrons. The molecule has 1 aliphatic carbocycles. The number of imidazole rings is 1. The third kappa shape index (κ3) is 5.11. The van der Waals surface area contributed by atoms with Gasteiger partial charge in [-0.15, -0.1) is 0 Å². The first-order valence-electron chi connectivity index (χ1n) is 9.92. The summed E-state index contributed by atoms with van der Waals surface area (Å²) in [7, 11) is 0. The fraction of sp³-hybridized carbons (Fsp3) is 0.320. The second-order valence-electron chi connectivity index (χ2n) is 7.05. The quantitative estimate of drug-likeness (QED) is 0.460. The summed E-state index contributed by atoms with van der Waals surface area (Å²) in [5.41, 5.74) is 4.03. The van der Waals surface area contributed by atoms with Crippen LogP contribution in [0.4, 0.5) is 0 Å². The van der Waals surface area contributed by atoms with Crippen molar-refractivity contribution in [3.8, 4) is 11.8 Å². The number of nitrogens with zero attached hydrogens (tertiary/aromatic N) is 2. The molecule has 0 N–H and O–H groups in total. The topological polar surface area (TPSA) is 17.3 Å². The van der Waals surface area contributed by atoms with Crippen LogP contribution in [0, 0.1) is 17.8 Å². The van der Waals surface area contributed by atoms with E-state index in [2.05, 4.69) is 46.6 Å². The van der Waals surface area contributed by atoms with Crippen molar-refractivity contribution < 1.29 is 0 Å². The van der Waals surface area contributed by atoms with Gasteiger partial charge in [-0.25, -0.2) is 4.98 Å². The minimum absolute atomic E-state index is 0.520. The zero-order chi connectivity index (χ0) is 18.9. The molecule has 1 fully saturated rings. The Balaban J connectivity index is 1.88. The standard InChI is InChI=1S/C25H28N2/c1-3-5-9-14-22(4-2)23-16-18-25-26-19-24(27(25)20-23)17-15-21-12-10-7-6-8-11-13-21/h3-5,9,14,16,18-21H,1-2,6-8,10-13H2/b9-5-,22-14+. The van der Waals surface area contributed by atoms with Crippen molar-refractivity contribution in [1.82, 2.24) is 9.38 Å². The molecule has 2 heterocycles. The number of hydrogen-bond acceptors (Lipinski definition) is 1. The van der Waals surface area contributed by atoms with E-state index < -0.39 is 0 Å². The highest BCUT2D eigenvalue weighted by Gasteiger charge is 2.09. The molecule has 0 atom stereocenters. The molecule has 0 bridgehead atoms. The van der Waals surface area contributed by atoms with Gasteiger partial charge in [-0.3, -0.25) is 4.40 Å². The summed E-state index contributed by atoms with van der Waals surface area (Å²) in [5.74, 6) is 7.44. The molecule has 0 aromatic carbocycles. The van der Waals surface area contributed by atoms with E-state index in [9.17, 15) is 0 Å². The maximum atomic E-state index is 4.51. The van der Waals surface area contributed by atoms with E-state index in [1.807, 2.05) is 36.6 Å². The molecule has 3 rings (SSSR count). The predicted octanol–water partition coefficient (Wildman–Crippen LogP) is 6.36. The van der Waals surface area contributed by atoms with E-state index >= 15 is 0 Å². The Bertz CT molecular complexity index is 907. The Morgan fingerprint density at radius 2 is 1.85 bits per heavy atom. The van der Waals surface area contributed by atoms with Gasteiger partial charge in [-0.2, -0.15) is 0 Å². The lowest BCUT2D eigenvalue weighted by atomic mass is 9.91. The lowest BCUT2D eigenvalue weighted by molar-refractivity contribution is 0.444. The summed E-state index contributed by atoms with van der Waals surface area (Å²) >= 11 is 0. The highest BCUT2D eigenvalue weighted by Crippen LogP contribution is 2.22. The predicted molar refractivity (Wildman–Crippen MR) is 115 cm³/mol. The second-order valence-corrected chi connectivity index (χ2v) is 7.05. The van der Waals surface area contributed by atoms with Crippen LogP contribution in [0.1, 0.15) is 56.2 Å². The Morgan fingerprint density at radius 1 is 1.07 bits per heavy atom. The average molecular weight is 357 g/mol. The van der Waals surface area contributed by atoms with Crippen molar-refractivity contribution in [2.75, 3.05) is 0 Å². The number of pyridine rings is 1. The summed E-state index contributed by atoms with van der Waals surface area (Å²) in [6, 6.07) is 4.11. The highest BCUT2D eigenvalue weighted by atomic mass is 15.0. The maximum Gasteiger partial charge on any atom is 0.137 e. The van der Waals surface area contributed by atoms with Gasteiger partial charge < -0.3 is 0 Å². The maximum absolute atomic E-state index is 4.51. The van der Waals surface area contributed by atoms with Gasteiger partial charge >= 0.3 is 0 Å². The van der Waals surface area contributed by atoms with Crippen LogP contribution in [0.15, 0.2) is 68.1 Å². The molecule has 2 aromatic heterocycles. The van der Waals surface area contributed by atoms with Crippen LogP contribution in [-0.2, 0) is 0 Å². The van der Waals surface area contributed by atoms with Crippen LogP contribution >= 0.6 is 0 Å². The van der Waals surface area contributed by atoms with E-state index in [1.165, 1.54) is 44.9 Å². The van der Waals surface area contributed by atoms with Crippen LogP contribution in [0.5, 0.6) is 0 Å². The SMILES string of the molecule is C=C/C=C\C=C(/C=C)c1ccc2ncc(C#CC3CCCCCCC3)n2c1. The fourth-order valence-corrected chi connectivity index (χ4v) is 3.54. The average Bonchev–Trinajstić information content (AvgIpc) is 3.07. The van der Waals surface area contributed by atoms with Crippen LogP contribution < -0.4 is 0 Å². The number of fused-ring (bicyclic) bond motifs is 1. The van der Waals surface area contributed by atoms with Crippen molar-refractivity contribution in [1.29, 1.82) is 0 Å². The summed E-state index contributed by atoms with van der Waals surface area (Å²) in [4.78, 5) is 4.51. The van der Waals surface area contributed by atoms with Gasteiger partial charge in [-0.05, 0) is 42.0 Å². The van der Waals surface area contributed by atoms with E-state index in [0.29, 0.717) is 5.92 Å². The first kappa shape index (κ1) is 19.0. The van der Waals surface area contributed by atoms with Crippen molar-refractivity contribution in [3.05, 3.63) is 79.3 Å². The van der Waals surface area contributed by atoms with Gasteiger partial charge in [0.25, 0.3) is 0 Å². The molecular formula is C25H28N2. The van der Waals surface area contributed by atoms with Crippen molar-refractivity contribution in [2.24, 2.45) is 5.92 Å². The highest BCUT2D eigenvalue weighted by molar-refractivity contribution is 5.75. The first-order valence-corrected chi connectivity index (χ1v) is 9.92. The lowest BCUT2D eigenvalue weighted by Gasteiger charge is -2.13. The Morgan fingerprint density at radius 3 is 2.59 bits per heavy atom. The van der Waals surface area contributed by atoms with Crippen molar-refractivity contribution in [3.63, 3.8) is 0 Å². The molecule has 0 saturated heterocycles. The van der Waals surface area contributed by atoms with Crippen LogP contribution in [0.25, 0.3) is 11.2 Å². The third-order valence-corrected chi connectivity index (χ3v) is 5.09. The molecule has 1 saturated carbocycles. The summed E-state index contributed by atoms with van der Waals surface area (Å²) in [6.07, 6.45) is 22.7. The summed E-state index contributed by atoms with van der Waals surface area (Å²) < 4.78 is 2.08. The summed E-state index contributed by atoms with van der Waals surface area (Å²) in [6.45, 7) is 7.64. The minimum atomic E-state index is 0.520. The number of rotatable bonds is 4. The van der Waals surface area contributed by atoms with E-state index in [0.717, 1.165) is 22.5 Å². The van der Waals surface area contributed by atoms with Gasteiger partial charge in [0.1, 0.15) is 11.3 Å². The molecule has 138 valence electrons. The van der Waals surface area contributed by atoms with Crippen LogP contribution in [-0.4, -0.2) is 9.38 Å². The molecule has 27 heavy (non-hydrogen) atoms. The second kappa shape index (κ2) is 9.78. The van der Waals surface area contributed by atoms with Gasteiger partial charge in [-0.1, -0.05) is 81.6 Å². The first-order chi connectivity index (χ1) is 13.3. The van der Waals surface area contributed by atoms with E-state index in [4.69, 9.17) is 0 Å². The van der Waals surface area contributed by atoms with E-state index in [1.54, 1.807) is 6.08 Å². The van der Waals surface area contributed by atoms with Crippen molar-refractivity contribution in [2.45, 2.75) is 44.9 Å². The molecule has 2 aromatic rings. The van der Waals surface area contributed by atoms with Gasteiger partial charge in [0.05, 0.1) is 6.20 Å². The van der Waals surface area contributed by atoms with E-state index in [-0.39, 0.29) is 0 Å². The van der Waals surface area contributed by atoms with Crippen molar-refractivity contribution >= 4 is 11.2 Å². The minimum Gasteiger partial charge on any atom is -0.292 e. The third-order valence-electron chi connectivity index (χ3n) is 5.09. The Hall–Kier alpha value is -2.79. The molecule has 0 aliphatic heterocycles.